The van der Waals surface area contributed by atoms with Gasteiger partial charge < -0.3 is 30.1 Å². The Kier molecular flexibility index (Phi) is 12.9. The molecule has 260 valence electrons. The second kappa shape index (κ2) is 16.9. The van der Waals surface area contributed by atoms with Crippen LogP contribution in [-0.2, 0) is 14.8 Å². The van der Waals surface area contributed by atoms with Crippen molar-refractivity contribution in [1.82, 2.24) is 9.21 Å². The van der Waals surface area contributed by atoms with E-state index in [0.717, 1.165) is 12.8 Å². The molecule has 0 bridgehead atoms. The highest BCUT2D eigenvalue weighted by Gasteiger charge is 2.32. The number of carbonyl (C=O) groups is 2. The predicted molar refractivity (Wildman–Crippen MR) is 182 cm³/mol. The Balaban J connectivity index is 1.62. The van der Waals surface area contributed by atoms with Gasteiger partial charge in [0.05, 0.1) is 35.3 Å². The van der Waals surface area contributed by atoms with Gasteiger partial charge in [0.15, 0.2) is 0 Å². The van der Waals surface area contributed by atoms with Gasteiger partial charge in [-0.15, -0.1) is 0 Å². The van der Waals surface area contributed by atoms with E-state index in [-0.39, 0.29) is 42.2 Å². The maximum atomic E-state index is 14.3. The lowest BCUT2D eigenvalue weighted by Crippen LogP contribution is -2.48. The molecule has 3 aromatic carbocycles. The van der Waals surface area contributed by atoms with Crippen molar-refractivity contribution in [2.45, 2.75) is 63.2 Å². The largest absolute Gasteiger partial charge is 0.490 e. The zero-order chi connectivity index (χ0) is 34.8. The molecule has 0 unspecified atom stereocenters. The number of amides is 3. The lowest BCUT2D eigenvalue weighted by atomic mass is 10.0. The molecule has 0 aliphatic carbocycles. The smallest absolute Gasteiger partial charge is 0.323 e. The number of carbonyl (C=O) groups excluding carboxylic acids is 2. The molecule has 3 aromatic rings. The minimum Gasteiger partial charge on any atom is -0.490 e. The van der Waals surface area contributed by atoms with E-state index < -0.39 is 39.9 Å². The average Bonchev–Trinajstić information content (AvgIpc) is 3.07. The van der Waals surface area contributed by atoms with Crippen LogP contribution in [0.2, 0.25) is 0 Å². The number of benzene rings is 3. The maximum Gasteiger partial charge on any atom is 0.323 e. The first-order valence-electron chi connectivity index (χ1n) is 16.1. The molecule has 13 heteroatoms. The second-order valence-electron chi connectivity index (χ2n) is 12.2. The minimum absolute atomic E-state index is 0.0568. The van der Waals surface area contributed by atoms with Crippen molar-refractivity contribution in [1.29, 1.82) is 0 Å². The number of fused-ring (bicyclic) bond motifs is 1. The SMILES string of the molecule is C[C@H](CO)N1C[C@H](C)[C@H](CN(C)S(=O)(=O)c2ccccc2)OCCCC[C@H](C)Oc2ccc(NC(=O)Nc3ccc(F)cc3)cc2C1=O. The van der Waals surface area contributed by atoms with Crippen molar-refractivity contribution in [3.8, 4) is 5.75 Å². The van der Waals surface area contributed by atoms with Gasteiger partial charge >= 0.3 is 6.03 Å². The molecule has 48 heavy (non-hydrogen) atoms. The van der Waals surface area contributed by atoms with Crippen LogP contribution < -0.4 is 15.4 Å². The minimum atomic E-state index is -3.79. The normalized spacial score (nSPS) is 20.3. The molecule has 3 N–H and O–H groups in total. The molecule has 3 amide bonds. The number of sulfonamides is 1. The molecular weight excluding hydrogens is 639 g/mol. The highest BCUT2D eigenvalue weighted by atomic mass is 32.2. The van der Waals surface area contributed by atoms with Crippen molar-refractivity contribution in [2.75, 3.05) is 44.0 Å². The lowest BCUT2D eigenvalue weighted by molar-refractivity contribution is -0.00833. The van der Waals surface area contributed by atoms with Crippen LogP contribution in [0.15, 0.2) is 77.7 Å². The summed E-state index contributed by atoms with van der Waals surface area (Å²) in [5.74, 6) is -0.879. The van der Waals surface area contributed by atoms with E-state index in [1.807, 2.05) is 13.8 Å². The summed E-state index contributed by atoms with van der Waals surface area (Å²) in [6.07, 6.45) is 1.37. The number of aliphatic hydroxyl groups is 1. The lowest BCUT2D eigenvalue weighted by Gasteiger charge is -2.35. The summed E-state index contributed by atoms with van der Waals surface area (Å²) in [7, 11) is -2.28. The van der Waals surface area contributed by atoms with Gasteiger partial charge in [-0.3, -0.25) is 4.79 Å². The summed E-state index contributed by atoms with van der Waals surface area (Å²) in [6.45, 7) is 5.79. The summed E-state index contributed by atoms with van der Waals surface area (Å²) in [5, 5.41) is 15.5. The number of rotatable bonds is 8. The van der Waals surface area contributed by atoms with Crippen molar-refractivity contribution in [3.05, 3.63) is 84.2 Å². The first-order valence-corrected chi connectivity index (χ1v) is 17.5. The molecule has 0 saturated carbocycles. The van der Waals surface area contributed by atoms with E-state index >= 15 is 0 Å². The second-order valence-corrected chi connectivity index (χ2v) is 14.2. The fraction of sp³-hybridized carbons (Fsp3) is 0.429. The molecule has 1 aliphatic heterocycles. The summed E-state index contributed by atoms with van der Waals surface area (Å²) in [6, 6.07) is 17.1. The van der Waals surface area contributed by atoms with Crippen LogP contribution in [0.5, 0.6) is 5.75 Å². The maximum absolute atomic E-state index is 14.3. The van der Waals surface area contributed by atoms with Gasteiger partial charge in [-0.05, 0) is 87.7 Å². The number of likely N-dealkylation sites (N-methyl/N-ethyl adjacent to an activating group) is 1. The van der Waals surface area contributed by atoms with Crippen LogP contribution in [0, 0.1) is 11.7 Å². The van der Waals surface area contributed by atoms with E-state index in [4.69, 9.17) is 9.47 Å². The summed E-state index contributed by atoms with van der Waals surface area (Å²) >= 11 is 0. The van der Waals surface area contributed by atoms with Crippen LogP contribution in [0.25, 0.3) is 0 Å². The number of halogens is 1. The average molecular weight is 685 g/mol. The topological polar surface area (TPSA) is 138 Å². The van der Waals surface area contributed by atoms with Crippen LogP contribution in [0.1, 0.15) is 50.4 Å². The third-order valence-electron chi connectivity index (χ3n) is 8.30. The fourth-order valence-corrected chi connectivity index (χ4v) is 6.62. The molecule has 0 aromatic heterocycles. The number of urea groups is 1. The number of anilines is 2. The Bertz CT molecular complexity index is 1630. The quantitative estimate of drug-likeness (QED) is 0.282. The number of aliphatic hydroxyl groups excluding tert-OH is 1. The number of ether oxygens (including phenoxy) is 2. The Morgan fingerprint density at radius 3 is 2.40 bits per heavy atom. The van der Waals surface area contributed by atoms with Crippen molar-refractivity contribution >= 4 is 33.3 Å². The van der Waals surface area contributed by atoms with Crippen LogP contribution in [0.4, 0.5) is 20.6 Å². The van der Waals surface area contributed by atoms with Crippen molar-refractivity contribution in [2.24, 2.45) is 5.92 Å². The number of hydrogen-bond acceptors (Lipinski definition) is 7. The molecule has 4 atom stereocenters. The third kappa shape index (κ3) is 9.75. The first kappa shape index (κ1) is 36.8. The molecular formula is C35H45FN4O7S. The molecule has 1 heterocycles. The van der Waals surface area contributed by atoms with E-state index in [9.17, 15) is 27.5 Å². The van der Waals surface area contributed by atoms with Crippen molar-refractivity contribution < 1.29 is 37.0 Å². The van der Waals surface area contributed by atoms with E-state index in [1.54, 1.807) is 49.4 Å². The van der Waals surface area contributed by atoms with E-state index in [2.05, 4.69) is 10.6 Å². The Morgan fingerprint density at radius 2 is 1.71 bits per heavy atom. The number of nitrogens with zero attached hydrogens (tertiary/aromatic N) is 2. The van der Waals surface area contributed by atoms with Crippen LogP contribution in [0.3, 0.4) is 0 Å². The molecule has 0 saturated heterocycles. The summed E-state index contributed by atoms with van der Waals surface area (Å²) in [5.41, 5.74) is 0.890. The molecule has 0 fully saturated rings. The summed E-state index contributed by atoms with van der Waals surface area (Å²) < 4.78 is 53.8. The van der Waals surface area contributed by atoms with Gasteiger partial charge in [0.2, 0.25) is 10.0 Å². The van der Waals surface area contributed by atoms with Crippen LogP contribution in [-0.4, -0.2) is 86.3 Å². The van der Waals surface area contributed by atoms with Gasteiger partial charge in [-0.25, -0.2) is 17.6 Å². The highest BCUT2D eigenvalue weighted by molar-refractivity contribution is 7.89. The molecule has 11 nitrogen and oxygen atoms in total. The first-order chi connectivity index (χ1) is 22.9. The van der Waals surface area contributed by atoms with Crippen molar-refractivity contribution in [3.63, 3.8) is 0 Å². The summed E-state index contributed by atoms with van der Waals surface area (Å²) in [4.78, 5) is 28.8. The molecule has 1 aliphatic rings. The third-order valence-corrected chi connectivity index (χ3v) is 10.1. The van der Waals surface area contributed by atoms with Gasteiger partial charge in [0.1, 0.15) is 11.6 Å². The Hall–Kier alpha value is -4.04. The van der Waals surface area contributed by atoms with Gasteiger partial charge in [-0.2, -0.15) is 4.31 Å². The van der Waals surface area contributed by atoms with Crippen LogP contribution >= 0.6 is 0 Å². The molecule has 0 spiro atoms. The highest BCUT2D eigenvalue weighted by Crippen LogP contribution is 2.29. The van der Waals surface area contributed by atoms with E-state index in [0.29, 0.717) is 30.2 Å². The van der Waals surface area contributed by atoms with Gasteiger partial charge in [-0.1, -0.05) is 25.1 Å². The monoisotopic (exact) mass is 684 g/mol. The zero-order valence-electron chi connectivity index (χ0n) is 27.8. The standard InChI is InChI=1S/C35H45FN4O7S/c1-24-21-40(25(2)23-41)34(42)31-20-29(38-35(43)37-28-15-13-27(36)14-16-28)17-18-32(31)47-26(3)10-8-9-19-46-33(24)22-39(4)48(44,45)30-11-6-5-7-12-30/h5-7,11-18,20,24-26,33,41H,8-10,19,21-23H2,1-4H3,(H2,37,38,43)/t24-,25+,26-,33-/m0/s1. The fourth-order valence-electron chi connectivity index (χ4n) is 5.41. The van der Waals surface area contributed by atoms with Gasteiger partial charge in [0.25, 0.3) is 5.91 Å². The number of hydrogen-bond donors (Lipinski definition) is 3. The predicted octanol–water partition coefficient (Wildman–Crippen LogP) is 5.59. The Morgan fingerprint density at radius 1 is 1.04 bits per heavy atom. The molecule has 0 radical (unpaired) electrons. The van der Waals surface area contributed by atoms with E-state index in [1.165, 1.54) is 46.6 Å². The van der Waals surface area contributed by atoms with Gasteiger partial charge in [0, 0.05) is 44.0 Å². The Labute approximate surface area is 282 Å². The molecule has 4 rings (SSSR count). The number of nitrogens with one attached hydrogen (secondary N) is 2. The zero-order valence-corrected chi connectivity index (χ0v) is 28.6.